The molecule has 3 aromatic rings. The SMILES string of the molecule is Cc1csc(=O)n1CC(=O)OCc1cn2ccccc2c1C#N. The van der Waals surface area contributed by atoms with E-state index in [1.807, 2.05) is 28.8 Å². The van der Waals surface area contributed by atoms with Crippen LogP contribution in [0.4, 0.5) is 0 Å². The Bertz CT molecular complexity index is 975. The van der Waals surface area contributed by atoms with Crippen LogP contribution >= 0.6 is 11.3 Å². The molecule has 0 aliphatic rings. The van der Waals surface area contributed by atoms with E-state index in [1.54, 1.807) is 18.5 Å². The predicted octanol–water partition coefficient (Wildman–Crippen LogP) is 2.09. The summed E-state index contributed by atoms with van der Waals surface area (Å²) in [6.07, 6.45) is 3.60. The van der Waals surface area contributed by atoms with Crippen LogP contribution in [0, 0.1) is 18.3 Å². The van der Waals surface area contributed by atoms with Crippen molar-refractivity contribution in [2.75, 3.05) is 0 Å². The van der Waals surface area contributed by atoms with Crippen molar-refractivity contribution < 1.29 is 9.53 Å². The van der Waals surface area contributed by atoms with Crippen molar-refractivity contribution in [2.45, 2.75) is 20.1 Å². The van der Waals surface area contributed by atoms with Crippen molar-refractivity contribution in [1.29, 1.82) is 5.26 Å². The molecule has 0 aromatic carbocycles. The Morgan fingerprint density at radius 3 is 2.96 bits per heavy atom. The molecule has 23 heavy (non-hydrogen) atoms. The number of nitrogens with zero attached hydrogens (tertiary/aromatic N) is 3. The van der Waals surface area contributed by atoms with Crippen LogP contribution in [0.2, 0.25) is 0 Å². The van der Waals surface area contributed by atoms with E-state index in [0.29, 0.717) is 11.1 Å². The van der Waals surface area contributed by atoms with Gasteiger partial charge in [0.15, 0.2) is 0 Å². The third-order valence-corrected chi connectivity index (χ3v) is 4.41. The molecular formula is C16H13N3O3S. The van der Waals surface area contributed by atoms with Gasteiger partial charge >= 0.3 is 10.8 Å². The molecule has 0 aliphatic heterocycles. The number of hydrogen-bond acceptors (Lipinski definition) is 5. The lowest BCUT2D eigenvalue weighted by molar-refractivity contribution is -0.145. The topological polar surface area (TPSA) is 76.5 Å². The van der Waals surface area contributed by atoms with Gasteiger partial charge in [-0.2, -0.15) is 5.26 Å². The second-order valence-electron chi connectivity index (χ2n) is 5.02. The van der Waals surface area contributed by atoms with Crippen LogP contribution in [0.15, 0.2) is 40.8 Å². The van der Waals surface area contributed by atoms with Crippen LogP contribution in [0.1, 0.15) is 16.8 Å². The summed E-state index contributed by atoms with van der Waals surface area (Å²) in [6, 6.07) is 7.67. The van der Waals surface area contributed by atoms with E-state index in [-0.39, 0.29) is 18.0 Å². The van der Waals surface area contributed by atoms with Gasteiger partial charge < -0.3 is 9.14 Å². The van der Waals surface area contributed by atoms with Gasteiger partial charge in [-0.15, -0.1) is 0 Å². The average Bonchev–Trinajstić information content (AvgIpc) is 3.07. The number of thiazole rings is 1. The Kier molecular flexibility index (Phi) is 4.00. The summed E-state index contributed by atoms with van der Waals surface area (Å²) >= 11 is 1.05. The van der Waals surface area contributed by atoms with Crippen molar-refractivity contribution in [2.24, 2.45) is 0 Å². The number of aromatic nitrogens is 2. The van der Waals surface area contributed by atoms with Crippen molar-refractivity contribution in [3.8, 4) is 6.07 Å². The van der Waals surface area contributed by atoms with E-state index in [9.17, 15) is 14.9 Å². The van der Waals surface area contributed by atoms with E-state index in [2.05, 4.69) is 6.07 Å². The molecule has 7 heteroatoms. The quantitative estimate of drug-likeness (QED) is 0.688. The minimum Gasteiger partial charge on any atom is -0.459 e. The number of rotatable bonds is 4. The molecule has 3 aromatic heterocycles. The fraction of sp³-hybridized carbons (Fsp3) is 0.188. The first-order valence-corrected chi connectivity index (χ1v) is 7.77. The molecule has 0 fully saturated rings. The fourth-order valence-corrected chi connectivity index (χ4v) is 3.08. The number of aryl methyl sites for hydroxylation is 1. The largest absolute Gasteiger partial charge is 0.459 e. The summed E-state index contributed by atoms with van der Waals surface area (Å²) < 4.78 is 8.41. The zero-order chi connectivity index (χ0) is 16.4. The number of fused-ring (bicyclic) bond motifs is 1. The number of carbonyl (C=O) groups is 1. The summed E-state index contributed by atoms with van der Waals surface area (Å²) in [5.74, 6) is -0.507. The maximum Gasteiger partial charge on any atom is 0.326 e. The summed E-state index contributed by atoms with van der Waals surface area (Å²) in [6.45, 7) is 1.64. The Labute approximate surface area is 135 Å². The molecule has 0 atom stereocenters. The third-order valence-electron chi connectivity index (χ3n) is 3.53. The number of hydrogen-bond donors (Lipinski definition) is 0. The standard InChI is InChI=1S/C16H13N3O3S/c1-11-10-23-16(21)19(11)8-15(20)22-9-12-7-18-5-3-2-4-14(18)13(12)6-17/h2-5,7,10H,8-9H2,1H3. The van der Waals surface area contributed by atoms with Gasteiger partial charge in [-0.3, -0.25) is 14.2 Å². The van der Waals surface area contributed by atoms with E-state index in [4.69, 9.17) is 4.74 Å². The zero-order valence-corrected chi connectivity index (χ0v) is 13.2. The molecular weight excluding hydrogens is 314 g/mol. The molecule has 0 unspecified atom stereocenters. The molecule has 0 bridgehead atoms. The van der Waals surface area contributed by atoms with Crippen LogP contribution in [-0.2, 0) is 22.7 Å². The second-order valence-corrected chi connectivity index (χ2v) is 5.84. The first-order chi connectivity index (χ1) is 11.1. The van der Waals surface area contributed by atoms with E-state index in [1.165, 1.54) is 4.57 Å². The molecule has 0 radical (unpaired) electrons. The van der Waals surface area contributed by atoms with Crippen LogP contribution in [0.25, 0.3) is 5.52 Å². The minimum atomic E-state index is -0.507. The van der Waals surface area contributed by atoms with Gasteiger partial charge in [0.05, 0.1) is 11.1 Å². The molecule has 0 saturated carbocycles. The van der Waals surface area contributed by atoms with E-state index in [0.717, 1.165) is 22.5 Å². The Balaban J connectivity index is 1.75. The highest BCUT2D eigenvalue weighted by atomic mass is 32.1. The third kappa shape index (κ3) is 2.89. The lowest BCUT2D eigenvalue weighted by Crippen LogP contribution is -2.22. The van der Waals surface area contributed by atoms with Gasteiger partial charge in [0.1, 0.15) is 19.2 Å². The minimum absolute atomic E-state index is 0.00133. The maximum atomic E-state index is 11.9. The molecule has 0 aliphatic carbocycles. The molecule has 3 heterocycles. The Morgan fingerprint density at radius 2 is 2.26 bits per heavy atom. The van der Waals surface area contributed by atoms with Gasteiger partial charge in [-0.05, 0) is 19.1 Å². The number of carbonyl (C=O) groups excluding carboxylic acids is 1. The molecule has 0 amide bonds. The number of nitriles is 1. The fourth-order valence-electron chi connectivity index (χ4n) is 2.35. The van der Waals surface area contributed by atoms with E-state index < -0.39 is 5.97 Å². The van der Waals surface area contributed by atoms with Crippen LogP contribution in [0.3, 0.4) is 0 Å². The molecule has 0 spiro atoms. The van der Waals surface area contributed by atoms with Crippen molar-refractivity contribution >= 4 is 22.8 Å². The van der Waals surface area contributed by atoms with Gasteiger partial charge in [0.2, 0.25) is 0 Å². The number of esters is 1. The Morgan fingerprint density at radius 1 is 1.43 bits per heavy atom. The highest BCUT2D eigenvalue weighted by molar-refractivity contribution is 7.07. The zero-order valence-electron chi connectivity index (χ0n) is 12.4. The van der Waals surface area contributed by atoms with Crippen LogP contribution in [-0.4, -0.2) is 14.9 Å². The summed E-state index contributed by atoms with van der Waals surface area (Å²) in [5.41, 5.74) is 2.62. The Hall–Kier alpha value is -2.85. The smallest absolute Gasteiger partial charge is 0.326 e. The monoisotopic (exact) mass is 327 g/mol. The van der Waals surface area contributed by atoms with Gasteiger partial charge in [0, 0.05) is 29.0 Å². The number of ether oxygens (including phenoxy) is 1. The normalized spacial score (nSPS) is 10.6. The molecule has 0 saturated heterocycles. The lowest BCUT2D eigenvalue weighted by Gasteiger charge is -2.05. The van der Waals surface area contributed by atoms with Gasteiger partial charge in [-0.25, -0.2) is 0 Å². The highest BCUT2D eigenvalue weighted by Gasteiger charge is 2.14. The summed E-state index contributed by atoms with van der Waals surface area (Å²) in [4.78, 5) is 23.3. The predicted molar refractivity (Wildman–Crippen MR) is 85.2 cm³/mol. The van der Waals surface area contributed by atoms with Crippen molar-refractivity contribution in [1.82, 2.24) is 8.97 Å². The highest BCUT2D eigenvalue weighted by Crippen LogP contribution is 2.18. The average molecular weight is 327 g/mol. The molecule has 3 rings (SSSR count). The molecule has 116 valence electrons. The van der Waals surface area contributed by atoms with Crippen molar-refractivity contribution in [3.05, 3.63) is 62.5 Å². The van der Waals surface area contributed by atoms with Crippen LogP contribution < -0.4 is 4.87 Å². The summed E-state index contributed by atoms with van der Waals surface area (Å²) in [5, 5.41) is 11.0. The number of pyridine rings is 1. The van der Waals surface area contributed by atoms with Crippen LogP contribution in [0.5, 0.6) is 0 Å². The van der Waals surface area contributed by atoms with Crippen molar-refractivity contribution in [3.63, 3.8) is 0 Å². The van der Waals surface area contributed by atoms with Gasteiger partial charge in [-0.1, -0.05) is 17.4 Å². The van der Waals surface area contributed by atoms with Gasteiger partial charge in [0.25, 0.3) is 0 Å². The first kappa shape index (κ1) is 15.1. The lowest BCUT2D eigenvalue weighted by atomic mass is 10.2. The maximum absolute atomic E-state index is 11.9. The molecule has 6 nitrogen and oxygen atoms in total. The first-order valence-electron chi connectivity index (χ1n) is 6.89. The van der Waals surface area contributed by atoms with E-state index >= 15 is 0 Å². The summed E-state index contributed by atoms with van der Waals surface area (Å²) in [7, 11) is 0. The molecule has 0 N–H and O–H groups in total. The second kappa shape index (κ2) is 6.10.